The third kappa shape index (κ3) is 2.82. The standard InChI is InChI=1S/C12H15F5O3Si/c1-5-6(21(18-2,19-3)20-4)7-8(13)10(15)12(17)11(16)9(7)14/h6H,5H2,1-4H3/t6-/m0/s1. The molecule has 0 fully saturated rings. The molecule has 1 rings (SSSR count). The lowest BCUT2D eigenvalue weighted by atomic mass is 10.1. The van der Waals surface area contributed by atoms with Crippen molar-refractivity contribution in [2.24, 2.45) is 0 Å². The van der Waals surface area contributed by atoms with E-state index in [0.29, 0.717) is 0 Å². The molecule has 0 bridgehead atoms. The number of benzene rings is 1. The Kier molecular flexibility index (Phi) is 5.85. The molecule has 0 N–H and O–H groups in total. The van der Waals surface area contributed by atoms with Crippen molar-refractivity contribution in [2.75, 3.05) is 21.3 Å². The van der Waals surface area contributed by atoms with Gasteiger partial charge in [0.05, 0.1) is 5.54 Å². The Morgan fingerprint density at radius 1 is 0.762 bits per heavy atom. The van der Waals surface area contributed by atoms with Crippen LogP contribution in [0.4, 0.5) is 22.0 Å². The van der Waals surface area contributed by atoms with Crippen molar-refractivity contribution in [3.8, 4) is 0 Å². The highest BCUT2D eigenvalue weighted by molar-refractivity contribution is 6.62. The molecule has 9 heteroatoms. The lowest BCUT2D eigenvalue weighted by Gasteiger charge is -2.32. The summed E-state index contributed by atoms with van der Waals surface area (Å²) in [4.78, 5) is 0. The van der Waals surface area contributed by atoms with Gasteiger partial charge >= 0.3 is 8.80 Å². The zero-order chi connectivity index (χ0) is 16.4. The molecule has 0 aliphatic heterocycles. The predicted molar refractivity (Wildman–Crippen MR) is 66.0 cm³/mol. The van der Waals surface area contributed by atoms with Crippen molar-refractivity contribution in [1.82, 2.24) is 0 Å². The van der Waals surface area contributed by atoms with Crippen molar-refractivity contribution < 1.29 is 35.2 Å². The Morgan fingerprint density at radius 3 is 1.38 bits per heavy atom. The Bertz CT molecular complexity index is 485. The monoisotopic (exact) mass is 330 g/mol. The molecule has 0 aliphatic rings. The molecule has 0 radical (unpaired) electrons. The van der Waals surface area contributed by atoms with E-state index >= 15 is 0 Å². The average Bonchev–Trinajstić information content (AvgIpc) is 2.51. The van der Waals surface area contributed by atoms with Crippen LogP contribution in [0.25, 0.3) is 0 Å². The van der Waals surface area contributed by atoms with Gasteiger partial charge in [0.2, 0.25) is 5.82 Å². The molecule has 0 unspecified atom stereocenters. The lowest BCUT2D eigenvalue weighted by Crippen LogP contribution is -2.50. The topological polar surface area (TPSA) is 27.7 Å². The van der Waals surface area contributed by atoms with E-state index in [-0.39, 0.29) is 6.42 Å². The van der Waals surface area contributed by atoms with Gasteiger partial charge in [-0.25, -0.2) is 22.0 Å². The van der Waals surface area contributed by atoms with Gasteiger partial charge in [-0.05, 0) is 6.42 Å². The average molecular weight is 330 g/mol. The Labute approximate surface area is 120 Å². The Morgan fingerprint density at radius 2 is 1.10 bits per heavy atom. The minimum absolute atomic E-state index is 0.0000939. The summed E-state index contributed by atoms with van der Waals surface area (Å²) < 4.78 is 82.8. The number of hydrogen-bond donors (Lipinski definition) is 0. The number of rotatable bonds is 6. The second-order valence-electron chi connectivity index (χ2n) is 4.16. The van der Waals surface area contributed by atoms with Crippen molar-refractivity contribution in [3.63, 3.8) is 0 Å². The molecule has 0 saturated carbocycles. The Balaban J connectivity index is 3.63. The zero-order valence-corrected chi connectivity index (χ0v) is 12.9. The molecule has 0 heterocycles. The fourth-order valence-electron chi connectivity index (χ4n) is 2.24. The first-order valence-electron chi connectivity index (χ1n) is 5.97. The molecule has 3 nitrogen and oxygen atoms in total. The first-order chi connectivity index (χ1) is 9.81. The largest absolute Gasteiger partial charge is 0.508 e. The maximum absolute atomic E-state index is 13.9. The normalized spacial score (nSPS) is 13.6. The van der Waals surface area contributed by atoms with E-state index in [0.717, 1.165) is 0 Å². The van der Waals surface area contributed by atoms with Gasteiger partial charge in [0.15, 0.2) is 23.3 Å². The molecule has 0 aliphatic carbocycles. The van der Waals surface area contributed by atoms with Crippen LogP contribution < -0.4 is 0 Å². The second kappa shape index (κ2) is 6.82. The van der Waals surface area contributed by atoms with Crippen LogP contribution in [0.1, 0.15) is 24.4 Å². The molecule has 120 valence electrons. The van der Waals surface area contributed by atoms with Crippen molar-refractivity contribution in [2.45, 2.75) is 18.9 Å². The summed E-state index contributed by atoms with van der Waals surface area (Å²) in [5.74, 6) is -10.0. The summed E-state index contributed by atoms with van der Waals surface area (Å²) in [6.45, 7) is 1.50. The molecule has 0 amide bonds. The van der Waals surface area contributed by atoms with Crippen LogP contribution in [-0.4, -0.2) is 30.1 Å². The van der Waals surface area contributed by atoms with Gasteiger partial charge in [-0.1, -0.05) is 6.92 Å². The van der Waals surface area contributed by atoms with E-state index in [2.05, 4.69) is 0 Å². The van der Waals surface area contributed by atoms with E-state index < -0.39 is 49.0 Å². The molecule has 21 heavy (non-hydrogen) atoms. The van der Waals surface area contributed by atoms with Crippen LogP contribution in [0.15, 0.2) is 0 Å². The minimum atomic E-state index is -3.65. The fraction of sp³-hybridized carbons (Fsp3) is 0.500. The molecule has 1 aromatic rings. The van der Waals surface area contributed by atoms with E-state index in [4.69, 9.17) is 13.3 Å². The van der Waals surface area contributed by atoms with Crippen LogP contribution in [0, 0.1) is 29.1 Å². The SMILES string of the molecule is CC[C@@H](c1c(F)c(F)c(F)c(F)c1F)[Si](OC)(OC)OC. The summed E-state index contributed by atoms with van der Waals surface area (Å²) in [6.07, 6.45) is 0.0000939. The first kappa shape index (κ1) is 18.0. The van der Waals surface area contributed by atoms with E-state index in [1.807, 2.05) is 0 Å². The van der Waals surface area contributed by atoms with Gasteiger partial charge in [0.25, 0.3) is 0 Å². The van der Waals surface area contributed by atoms with Gasteiger partial charge in [-0.15, -0.1) is 0 Å². The van der Waals surface area contributed by atoms with E-state index in [1.54, 1.807) is 0 Å². The summed E-state index contributed by atoms with van der Waals surface area (Å²) in [6, 6.07) is 0. The molecule has 0 aromatic heterocycles. The van der Waals surface area contributed by atoms with Gasteiger partial charge < -0.3 is 13.3 Å². The van der Waals surface area contributed by atoms with E-state index in [9.17, 15) is 22.0 Å². The summed E-state index contributed by atoms with van der Waals surface area (Å²) in [5.41, 5.74) is -2.21. The maximum atomic E-state index is 13.9. The van der Waals surface area contributed by atoms with Crippen molar-refractivity contribution >= 4 is 8.80 Å². The number of halogens is 5. The van der Waals surface area contributed by atoms with Crippen LogP contribution in [0.5, 0.6) is 0 Å². The molecular weight excluding hydrogens is 315 g/mol. The lowest BCUT2D eigenvalue weighted by molar-refractivity contribution is 0.110. The first-order valence-corrected chi connectivity index (χ1v) is 7.78. The van der Waals surface area contributed by atoms with Crippen molar-refractivity contribution in [1.29, 1.82) is 0 Å². The summed E-state index contributed by atoms with van der Waals surface area (Å²) >= 11 is 0. The maximum Gasteiger partial charge on any atom is 0.508 e. The highest BCUT2D eigenvalue weighted by Gasteiger charge is 2.50. The summed E-state index contributed by atoms with van der Waals surface area (Å²) in [7, 11) is -0.0842. The molecule has 1 atom stereocenters. The number of hydrogen-bond acceptors (Lipinski definition) is 3. The third-order valence-electron chi connectivity index (χ3n) is 3.28. The fourth-order valence-corrected chi connectivity index (χ4v) is 4.70. The smallest absolute Gasteiger partial charge is 0.376 e. The van der Waals surface area contributed by atoms with Gasteiger partial charge in [-0.2, -0.15) is 0 Å². The van der Waals surface area contributed by atoms with Gasteiger partial charge in [-0.3, -0.25) is 0 Å². The molecular formula is C12H15F5O3Si. The highest BCUT2D eigenvalue weighted by Crippen LogP contribution is 2.37. The third-order valence-corrected chi connectivity index (χ3v) is 6.54. The highest BCUT2D eigenvalue weighted by atomic mass is 28.4. The van der Waals surface area contributed by atoms with Crippen LogP contribution in [-0.2, 0) is 13.3 Å². The molecule has 0 spiro atoms. The Hall–Kier alpha value is -1.03. The second-order valence-corrected chi connectivity index (χ2v) is 7.29. The molecule has 0 saturated heterocycles. The quantitative estimate of drug-likeness (QED) is 0.347. The minimum Gasteiger partial charge on any atom is -0.376 e. The summed E-state index contributed by atoms with van der Waals surface area (Å²) in [5, 5.41) is 0. The van der Waals surface area contributed by atoms with Gasteiger partial charge in [0.1, 0.15) is 0 Å². The van der Waals surface area contributed by atoms with Crippen LogP contribution in [0.3, 0.4) is 0 Å². The molecule has 1 aromatic carbocycles. The van der Waals surface area contributed by atoms with Crippen LogP contribution >= 0.6 is 0 Å². The van der Waals surface area contributed by atoms with Gasteiger partial charge in [0, 0.05) is 26.9 Å². The predicted octanol–water partition coefficient (Wildman–Crippen LogP) is 3.29. The van der Waals surface area contributed by atoms with Crippen LogP contribution in [0.2, 0.25) is 0 Å². The zero-order valence-electron chi connectivity index (χ0n) is 11.9. The van der Waals surface area contributed by atoms with E-state index in [1.165, 1.54) is 28.3 Å². The van der Waals surface area contributed by atoms with Crippen molar-refractivity contribution in [3.05, 3.63) is 34.6 Å².